The Morgan fingerprint density at radius 1 is 1.15 bits per heavy atom. The van der Waals surface area contributed by atoms with E-state index in [2.05, 4.69) is 46.4 Å². The molecular weight excluding hydrogens is 432 g/mol. The Labute approximate surface area is 202 Å². The van der Waals surface area contributed by atoms with Gasteiger partial charge in [-0.3, -0.25) is 4.55 Å². The van der Waals surface area contributed by atoms with Crippen molar-refractivity contribution in [2.45, 2.75) is 104 Å². The SMILES string of the molecule is C=CC(C)CCC[C@@H](C)[C@H]1CC[C@H]2[C@@H]3CC=C4C[C@@H](OS(=O)(=O)O)CC[C@]4(C)[C@H]3CC[C@]12C. The molecule has 0 aromatic heterocycles. The van der Waals surface area contributed by atoms with E-state index in [9.17, 15) is 8.42 Å². The minimum Gasteiger partial charge on any atom is -0.264 e. The number of hydrogen-bond donors (Lipinski definition) is 1. The quantitative estimate of drug-likeness (QED) is 0.292. The van der Waals surface area contributed by atoms with E-state index in [1.807, 2.05) is 0 Å². The van der Waals surface area contributed by atoms with E-state index in [0.717, 1.165) is 36.5 Å². The van der Waals surface area contributed by atoms with Gasteiger partial charge in [0.1, 0.15) is 0 Å². The van der Waals surface area contributed by atoms with Crippen molar-refractivity contribution in [3.05, 3.63) is 24.3 Å². The van der Waals surface area contributed by atoms with Gasteiger partial charge in [0.2, 0.25) is 0 Å². The fourth-order valence-corrected chi connectivity index (χ4v) is 9.45. The summed E-state index contributed by atoms with van der Waals surface area (Å²) in [5, 5.41) is 0. The fourth-order valence-electron chi connectivity index (χ4n) is 8.94. The Hall–Kier alpha value is -0.650. The van der Waals surface area contributed by atoms with Crippen LogP contribution in [0, 0.1) is 46.3 Å². The van der Waals surface area contributed by atoms with E-state index in [-0.39, 0.29) is 5.41 Å². The highest BCUT2D eigenvalue weighted by Gasteiger charge is 2.59. The van der Waals surface area contributed by atoms with Crippen LogP contribution in [-0.2, 0) is 14.6 Å². The van der Waals surface area contributed by atoms with Crippen LogP contribution in [-0.4, -0.2) is 19.1 Å². The molecule has 0 saturated heterocycles. The van der Waals surface area contributed by atoms with Gasteiger partial charge in [-0.15, -0.1) is 6.58 Å². The van der Waals surface area contributed by atoms with Crippen molar-refractivity contribution in [1.29, 1.82) is 0 Å². The summed E-state index contributed by atoms with van der Waals surface area (Å²) in [7, 11) is -4.38. The first-order valence-electron chi connectivity index (χ1n) is 13.5. The molecule has 1 N–H and O–H groups in total. The first-order chi connectivity index (χ1) is 15.5. The topological polar surface area (TPSA) is 63.6 Å². The zero-order chi connectivity index (χ0) is 24.0. The van der Waals surface area contributed by atoms with Crippen molar-refractivity contribution in [2.24, 2.45) is 46.3 Å². The van der Waals surface area contributed by atoms with Crippen LogP contribution < -0.4 is 0 Å². The molecule has 0 radical (unpaired) electrons. The van der Waals surface area contributed by atoms with Crippen LogP contribution in [0.2, 0.25) is 0 Å². The predicted octanol–water partition coefficient (Wildman–Crippen LogP) is 7.38. The maximum atomic E-state index is 11.2. The van der Waals surface area contributed by atoms with Crippen molar-refractivity contribution in [2.75, 3.05) is 0 Å². The Balaban J connectivity index is 1.45. The van der Waals surface area contributed by atoms with E-state index >= 15 is 0 Å². The molecule has 188 valence electrons. The fraction of sp³-hybridized carbons (Fsp3) is 0.857. The van der Waals surface area contributed by atoms with Crippen molar-refractivity contribution in [3.63, 3.8) is 0 Å². The second-order valence-corrected chi connectivity index (χ2v) is 13.5. The third-order valence-electron chi connectivity index (χ3n) is 10.8. The Morgan fingerprint density at radius 2 is 1.91 bits per heavy atom. The van der Waals surface area contributed by atoms with Gasteiger partial charge in [-0.25, -0.2) is 4.18 Å². The normalized spacial score (nSPS) is 42.5. The molecule has 0 heterocycles. The lowest BCUT2D eigenvalue weighted by Crippen LogP contribution is -2.51. The molecule has 4 rings (SSSR count). The van der Waals surface area contributed by atoms with Crippen molar-refractivity contribution < 1.29 is 17.2 Å². The van der Waals surface area contributed by atoms with E-state index in [0.29, 0.717) is 30.1 Å². The number of rotatable bonds is 8. The second-order valence-electron chi connectivity index (χ2n) is 12.5. The molecule has 1 unspecified atom stereocenters. The monoisotopic (exact) mass is 478 g/mol. The van der Waals surface area contributed by atoms with Crippen LogP contribution in [0.25, 0.3) is 0 Å². The van der Waals surface area contributed by atoms with Crippen molar-refractivity contribution in [3.8, 4) is 0 Å². The van der Waals surface area contributed by atoms with Gasteiger partial charge >= 0.3 is 10.4 Å². The molecule has 3 fully saturated rings. The molecule has 0 spiro atoms. The average Bonchev–Trinajstić information content (AvgIpc) is 3.10. The van der Waals surface area contributed by atoms with Gasteiger partial charge in [0.15, 0.2) is 0 Å². The average molecular weight is 479 g/mol. The van der Waals surface area contributed by atoms with Gasteiger partial charge in [0, 0.05) is 0 Å². The lowest BCUT2D eigenvalue weighted by Gasteiger charge is -2.58. The maximum absolute atomic E-state index is 11.2. The number of hydrogen-bond acceptors (Lipinski definition) is 3. The minimum absolute atomic E-state index is 0.161. The molecule has 0 aromatic rings. The van der Waals surface area contributed by atoms with Crippen LogP contribution >= 0.6 is 0 Å². The van der Waals surface area contributed by atoms with Crippen molar-refractivity contribution >= 4 is 10.4 Å². The van der Waals surface area contributed by atoms with Gasteiger partial charge in [-0.05, 0) is 104 Å². The van der Waals surface area contributed by atoms with Gasteiger partial charge in [0.25, 0.3) is 0 Å². The third-order valence-corrected chi connectivity index (χ3v) is 11.3. The van der Waals surface area contributed by atoms with Crippen LogP contribution in [0.15, 0.2) is 24.3 Å². The van der Waals surface area contributed by atoms with Gasteiger partial charge in [-0.1, -0.05) is 58.3 Å². The molecule has 0 aromatic carbocycles. The summed E-state index contributed by atoms with van der Waals surface area (Å²) in [6.07, 6.45) is 16.9. The van der Waals surface area contributed by atoms with Gasteiger partial charge in [-0.2, -0.15) is 8.42 Å². The first-order valence-corrected chi connectivity index (χ1v) is 14.8. The van der Waals surface area contributed by atoms with E-state index < -0.39 is 16.5 Å². The Bertz CT molecular complexity index is 863. The Morgan fingerprint density at radius 3 is 2.61 bits per heavy atom. The number of allylic oxidation sites excluding steroid dienone is 2. The summed E-state index contributed by atoms with van der Waals surface area (Å²) in [6, 6.07) is 0. The summed E-state index contributed by atoms with van der Waals surface area (Å²) in [6.45, 7) is 13.8. The largest absolute Gasteiger partial charge is 0.397 e. The summed E-state index contributed by atoms with van der Waals surface area (Å²) >= 11 is 0. The van der Waals surface area contributed by atoms with Crippen LogP contribution in [0.3, 0.4) is 0 Å². The predicted molar refractivity (Wildman–Crippen MR) is 134 cm³/mol. The van der Waals surface area contributed by atoms with Gasteiger partial charge in [0.05, 0.1) is 6.10 Å². The summed E-state index contributed by atoms with van der Waals surface area (Å²) in [5.41, 5.74) is 2.01. The first kappa shape index (κ1) is 25.4. The smallest absolute Gasteiger partial charge is 0.264 e. The highest BCUT2D eigenvalue weighted by molar-refractivity contribution is 7.80. The standard InChI is InChI=1S/C28H46O4S/c1-6-19(2)8-7-9-20(3)24-12-13-25-23-11-10-21-18-22(32-33(29,30)31)14-16-27(21,4)26(23)15-17-28(24,25)5/h6,10,19-20,22-26H,1,7-9,11-18H2,2-5H3,(H,29,30,31)/t19?,20-,22+,23+,24-,25+,26+,27+,28-/m1/s1. The zero-order valence-corrected chi connectivity index (χ0v) is 22.1. The van der Waals surface area contributed by atoms with Crippen LogP contribution in [0.1, 0.15) is 98.3 Å². The molecule has 0 aliphatic heterocycles. The highest BCUT2D eigenvalue weighted by Crippen LogP contribution is 2.67. The molecule has 33 heavy (non-hydrogen) atoms. The Kier molecular flexibility index (Phi) is 7.27. The molecule has 5 heteroatoms. The molecule has 4 nitrogen and oxygen atoms in total. The van der Waals surface area contributed by atoms with E-state index in [4.69, 9.17) is 8.74 Å². The van der Waals surface area contributed by atoms with E-state index in [1.54, 1.807) is 0 Å². The molecule has 4 aliphatic rings. The number of fused-ring (bicyclic) bond motifs is 5. The maximum Gasteiger partial charge on any atom is 0.397 e. The zero-order valence-electron chi connectivity index (χ0n) is 21.3. The summed E-state index contributed by atoms with van der Waals surface area (Å²) < 4.78 is 36.6. The molecule has 4 aliphatic carbocycles. The lowest BCUT2D eigenvalue weighted by molar-refractivity contribution is -0.0560. The third kappa shape index (κ3) is 4.89. The minimum atomic E-state index is -4.38. The molecule has 0 bridgehead atoms. The molecule has 3 saturated carbocycles. The summed E-state index contributed by atoms with van der Waals surface area (Å²) in [4.78, 5) is 0. The van der Waals surface area contributed by atoms with Crippen LogP contribution in [0.4, 0.5) is 0 Å². The van der Waals surface area contributed by atoms with Gasteiger partial charge < -0.3 is 0 Å². The summed E-state index contributed by atoms with van der Waals surface area (Å²) in [5.74, 6) is 4.55. The molecule has 0 amide bonds. The second kappa shape index (κ2) is 9.43. The van der Waals surface area contributed by atoms with Crippen LogP contribution in [0.5, 0.6) is 0 Å². The highest BCUT2D eigenvalue weighted by atomic mass is 32.3. The van der Waals surface area contributed by atoms with Crippen molar-refractivity contribution in [1.82, 2.24) is 0 Å². The lowest BCUT2D eigenvalue weighted by atomic mass is 9.47. The molecule has 9 atom stereocenters. The molecular formula is C28H46O4S. The van der Waals surface area contributed by atoms with E-state index in [1.165, 1.54) is 50.5 Å².